The van der Waals surface area contributed by atoms with Crippen molar-refractivity contribution in [3.8, 4) is 0 Å². The van der Waals surface area contributed by atoms with Crippen LogP contribution >= 0.6 is 12.2 Å². The Balaban J connectivity index is 2.22. The van der Waals surface area contributed by atoms with Crippen LogP contribution in [-0.2, 0) is 0 Å². The van der Waals surface area contributed by atoms with Crippen LogP contribution in [0.25, 0.3) is 0 Å². The van der Waals surface area contributed by atoms with E-state index in [9.17, 15) is 0 Å². The Morgan fingerprint density at radius 2 is 2.38 bits per heavy atom. The van der Waals surface area contributed by atoms with Crippen molar-refractivity contribution in [3.05, 3.63) is 5.92 Å². The molecule has 0 aromatic heterocycles. The number of fused-ring (bicyclic) bond motifs is 2. The maximum Gasteiger partial charge on any atom is 0.0271 e. The average Bonchev–Trinajstić information content (AvgIpc) is 2.23. The topological polar surface area (TPSA) is 12.0 Å². The summed E-state index contributed by atoms with van der Waals surface area (Å²) in [6.45, 7) is 1.07. The van der Waals surface area contributed by atoms with Crippen LogP contribution in [-0.4, -0.2) is 17.5 Å². The van der Waals surface area contributed by atoms with E-state index < -0.39 is 0 Å². The molecule has 1 radical (unpaired) electrons. The molecule has 2 rings (SSSR count). The summed E-state index contributed by atoms with van der Waals surface area (Å²) < 4.78 is 0. The number of piperidine rings is 1. The molecule has 1 aliphatic heterocycles. The van der Waals surface area contributed by atoms with Gasteiger partial charge >= 0.3 is 0 Å². The standard InChI is InChI=1S/C6H8NS/c8-6-2-5-1-4(6)3-7-5/h5,7H,1-3H2. The maximum atomic E-state index is 5.09. The van der Waals surface area contributed by atoms with Gasteiger partial charge in [-0.25, -0.2) is 0 Å². The lowest BCUT2D eigenvalue weighted by Gasteiger charge is -2.09. The molecular weight excluding hydrogens is 118 g/mol. The fraction of sp³-hybridized carbons (Fsp3) is 0.667. The zero-order chi connectivity index (χ0) is 5.56. The molecule has 1 N–H and O–H groups in total. The molecular formula is C6H8NS. The third-order valence-electron chi connectivity index (χ3n) is 1.92. The van der Waals surface area contributed by atoms with Crippen LogP contribution in [0.1, 0.15) is 12.8 Å². The van der Waals surface area contributed by atoms with Gasteiger partial charge in [-0.05, 0) is 12.8 Å². The predicted molar refractivity (Wildman–Crippen MR) is 36.9 cm³/mol. The van der Waals surface area contributed by atoms with Crippen molar-refractivity contribution in [2.24, 2.45) is 0 Å². The van der Waals surface area contributed by atoms with E-state index in [0.29, 0.717) is 0 Å². The number of thiocarbonyl (C=S) groups is 1. The molecule has 1 atom stereocenters. The summed E-state index contributed by atoms with van der Waals surface area (Å²) in [5.41, 5.74) is 0. The minimum absolute atomic E-state index is 0.720. The Labute approximate surface area is 54.5 Å². The second-order valence-electron chi connectivity index (χ2n) is 2.51. The summed E-state index contributed by atoms with van der Waals surface area (Å²) in [4.78, 5) is 1.23. The molecule has 0 spiro atoms. The molecule has 1 saturated heterocycles. The van der Waals surface area contributed by atoms with E-state index in [0.717, 1.165) is 19.0 Å². The molecule has 1 unspecified atom stereocenters. The number of rotatable bonds is 0. The van der Waals surface area contributed by atoms with Gasteiger partial charge in [0.1, 0.15) is 0 Å². The van der Waals surface area contributed by atoms with Crippen molar-refractivity contribution < 1.29 is 0 Å². The first-order valence-corrected chi connectivity index (χ1v) is 3.38. The lowest BCUT2D eigenvalue weighted by atomic mass is 10.1. The summed E-state index contributed by atoms with van der Waals surface area (Å²) in [6.07, 6.45) is 2.36. The monoisotopic (exact) mass is 126 g/mol. The number of hydrogen-bond donors (Lipinski definition) is 1. The van der Waals surface area contributed by atoms with Gasteiger partial charge in [-0.1, -0.05) is 12.2 Å². The second kappa shape index (κ2) is 1.52. The number of nitrogens with one attached hydrogen (secondary N) is 1. The fourth-order valence-electron chi connectivity index (χ4n) is 1.43. The zero-order valence-electron chi connectivity index (χ0n) is 4.61. The molecule has 1 aliphatic carbocycles. The molecule has 0 aromatic rings. The zero-order valence-corrected chi connectivity index (χ0v) is 5.42. The SMILES string of the molecule is S=C1CC2C[C]1CN2. The Hall–Kier alpha value is 0.0500. The van der Waals surface area contributed by atoms with E-state index in [-0.39, 0.29) is 0 Å². The molecule has 2 aliphatic rings. The summed E-state index contributed by atoms with van der Waals surface area (Å²) in [7, 11) is 0. The Morgan fingerprint density at radius 1 is 1.50 bits per heavy atom. The average molecular weight is 126 g/mol. The van der Waals surface area contributed by atoms with Crippen LogP contribution in [0.15, 0.2) is 0 Å². The molecule has 8 heavy (non-hydrogen) atoms. The van der Waals surface area contributed by atoms with Crippen LogP contribution in [0.5, 0.6) is 0 Å². The van der Waals surface area contributed by atoms with Crippen LogP contribution in [0.2, 0.25) is 0 Å². The van der Waals surface area contributed by atoms with Gasteiger partial charge in [-0.2, -0.15) is 0 Å². The van der Waals surface area contributed by atoms with Crippen molar-refractivity contribution in [1.29, 1.82) is 0 Å². The molecule has 0 amide bonds. The largest absolute Gasteiger partial charge is 0.313 e. The van der Waals surface area contributed by atoms with Crippen LogP contribution in [0, 0.1) is 5.92 Å². The quantitative estimate of drug-likeness (QED) is 0.479. The lowest BCUT2D eigenvalue weighted by molar-refractivity contribution is 0.639. The van der Waals surface area contributed by atoms with E-state index >= 15 is 0 Å². The summed E-state index contributed by atoms with van der Waals surface area (Å²) in [6, 6.07) is 0.720. The fourth-order valence-corrected chi connectivity index (χ4v) is 1.79. The Kier molecular flexibility index (Phi) is 0.925. The first-order chi connectivity index (χ1) is 3.86. The van der Waals surface area contributed by atoms with Gasteiger partial charge < -0.3 is 5.32 Å². The summed E-state index contributed by atoms with van der Waals surface area (Å²) in [5, 5.41) is 3.36. The molecule has 0 aromatic carbocycles. The molecule has 2 fully saturated rings. The van der Waals surface area contributed by atoms with Crippen LogP contribution in [0.3, 0.4) is 0 Å². The lowest BCUT2D eigenvalue weighted by Crippen LogP contribution is -2.27. The van der Waals surface area contributed by atoms with Crippen molar-refractivity contribution in [3.63, 3.8) is 0 Å². The third-order valence-corrected chi connectivity index (χ3v) is 2.38. The van der Waals surface area contributed by atoms with E-state index in [1.54, 1.807) is 0 Å². The smallest absolute Gasteiger partial charge is 0.0271 e. The summed E-state index contributed by atoms with van der Waals surface area (Å²) in [5.74, 6) is 1.49. The van der Waals surface area contributed by atoms with Crippen LogP contribution < -0.4 is 5.32 Å². The van der Waals surface area contributed by atoms with Gasteiger partial charge in [0.25, 0.3) is 0 Å². The minimum atomic E-state index is 0.720. The van der Waals surface area contributed by atoms with Gasteiger partial charge in [0.2, 0.25) is 0 Å². The van der Waals surface area contributed by atoms with Gasteiger partial charge in [0, 0.05) is 23.4 Å². The highest BCUT2D eigenvalue weighted by Gasteiger charge is 2.35. The van der Waals surface area contributed by atoms with Gasteiger partial charge in [0.15, 0.2) is 0 Å². The Bertz CT molecular complexity index is 132. The van der Waals surface area contributed by atoms with E-state index in [1.165, 1.54) is 17.2 Å². The third kappa shape index (κ3) is 0.531. The van der Waals surface area contributed by atoms with Crippen molar-refractivity contribution in [2.75, 3.05) is 6.54 Å². The molecule has 2 bridgehead atoms. The molecule has 1 heterocycles. The highest BCUT2D eigenvalue weighted by molar-refractivity contribution is 7.80. The van der Waals surface area contributed by atoms with E-state index in [2.05, 4.69) is 5.32 Å². The molecule has 43 valence electrons. The van der Waals surface area contributed by atoms with E-state index in [1.807, 2.05) is 0 Å². The second-order valence-corrected chi connectivity index (χ2v) is 3.01. The molecule has 1 nitrogen and oxygen atoms in total. The van der Waals surface area contributed by atoms with Gasteiger partial charge in [-0.3, -0.25) is 0 Å². The van der Waals surface area contributed by atoms with Gasteiger partial charge in [0.05, 0.1) is 0 Å². The van der Waals surface area contributed by atoms with Crippen molar-refractivity contribution in [1.82, 2.24) is 5.32 Å². The highest BCUT2D eigenvalue weighted by Crippen LogP contribution is 2.30. The van der Waals surface area contributed by atoms with Crippen LogP contribution in [0.4, 0.5) is 0 Å². The molecule has 1 saturated carbocycles. The first-order valence-electron chi connectivity index (χ1n) is 2.97. The maximum absolute atomic E-state index is 5.09. The first kappa shape index (κ1) is 4.89. The van der Waals surface area contributed by atoms with Crippen molar-refractivity contribution in [2.45, 2.75) is 18.9 Å². The van der Waals surface area contributed by atoms with Gasteiger partial charge in [-0.15, -0.1) is 0 Å². The summed E-state index contributed by atoms with van der Waals surface area (Å²) >= 11 is 5.09. The normalized spacial score (nSPS) is 37.0. The Morgan fingerprint density at radius 3 is 2.62 bits per heavy atom. The number of hydrogen-bond acceptors (Lipinski definition) is 2. The highest BCUT2D eigenvalue weighted by atomic mass is 32.1. The molecule has 2 heteroatoms. The van der Waals surface area contributed by atoms with E-state index in [4.69, 9.17) is 12.2 Å². The minimum Gasteiger partial charge on any atom is -0.313 e. The van der Waals surface area contributed by atoms with Crippen molar-refractivity contribution >= 4 is 17.1 Å². The predicted octanol–water partition coefficient (Wildman–Crippen LogP) is 0.696.